The lowest BCUT2D eigenvalue weighted by atomic mass is 10.2. The number of aliphatic imine (C=N–C) groups is 1. The van der Waals surface area contributed by atoms with Crippen molar-refractivity contribution in [2.24, 2.45) is 4.99 Å². The van der Waals surface area contributed by atoms with E-state index in [1.54, 1.807) is 11.3 Å². The maximum atomic E-state index is 4.69. The van der Waals surface area contributed by atoms with E-state index in [4.69, 9.17) is 0 Å². The van der Waals surface area contributed by atoms with Gasteiger partial charge in [-0.05, 0) is 32.4 Å². The summed E-state index contributed by atoms with van der Waals surface area (Å²) in [7, 11) is 0. The fourth-order valence-corrected chi connectivity index (χ4v) is 4.09. The number of hydrogen-bond acceptors (Lipinski definition) is 4. The Labute approximate surface area is 129 Å². The van der Waals surface area contributed by atoms with Gasteiger partial charge in [-0.15, -0.1) is 11.3 Å². The molecule has 1 unspecified atom stereocenters. The molecular weight excluding hydrogens is 288 g/mol. The smallest absolute Gasteiger partial charge is 0.191 e. The van der Waals surface area contributed by atoms with Crippen LogP contribution in [0.1, 0.15) is 29.7 Å². The van der Waals surface area contributed by atoms with E-state index in [9.17, 15) is 0 Å². The zero-order valence-corrected chi connectivity index (χ0v) is 13.9. The summed E-state index contributed by atoms with van der Waals surface area (Å²) in [5.41, 5.74) is 0. The second-order valence-corrected chi connectivity index (χ2v) is 7.62. The maximum Gasteiger partial charge on any atom is 0.191 e. The van der Waals surface area contributed by atoms with Crippen molar-refractivity contribution in [2.75, 3.05) is 25.4 Å². The molecule has 2 N–H and O–H groups in total. The number of thioether (sulfide) groups is 1. The van der Waals surface area contributed by atoms with Crippen LogP contribution in [0.3, 0.4) is 0 Å². The van der Waals surface area contributed by atoms with Crippen molar-refractivity contribution < 1.29 is 0 Å². The quantitative estimate of drug-likeness (QED) is 0.626. The molecule has 0 saturated carbocycles. The summed E-state index contributed by atoms with van der Waals surface area (Å²) in [6.45, 7) is 6.91. The van der Waals surface area contributed by atoms with Gasteiger partial charge in [0.25, 0.3) is 0 Å². The maximum absolute atomic E-state index is 4.69. The van der Waals surface area contributed by atoms with E-state index in [0.717, 1.165) is 32.0 Å². The Morgan fingerprint density at radius 3 is 3.05 bits per heavy atom. The van der Waals surface area contributed by atoms with Gasteiger partial charge in [0.1, 0.15) is 0 Å². The first-order chi connectivity index (χ1) is 9.78. The van der Waals surface area contributed by atoms with E-state index in [-0.39, 0.29) is 0 Å². The Kier molecular flexibility index (Phi) is 6.66. The molecule has 1 aliphatic rings. The van der Waals surface area contributed by atoms with Gasteiger partial charge in [-0.25, -0.2) is 4.98 Å². The Balaban J connectivity index is 1.74. The zero-order valence-electron chi connectivity index (χ0n) is 12.3. The lowest BCUT2D eigenvalue weighted by Crippen LogP contribution is -2.38. The molecule has 1 saturated heterocycles. The molecule has 1 fully saturated rings. The van der Waals surface area contributed by atoms with Gasteiger partial charge in [0, 0.05) is 35.8 Å². The van der Waals surface area contributed by atoms with Gasteiger partial charge in [0.05, 0.1) is 11.6 Å². The summed E-state index contributed by atoms with van der Waals surface area (Å²) in [6.07, 6.45) is 5.56. The molecule has 0 aromatic carbocycles. The van der Waals surface area contributed by atoms with Gasteiger partial charge in [0.15, 0.2) is 5.96 Å². The van der Waals surface area contributed by atoms with Gasteiger partial charge in [-0.1, -0.05) is 0 Å². The molecule has 1 atom stereocenters. The van der Waals surface area contributed by atoms with E-state index in [2.05, 4.69) is 46.2 Å². The van der Waals surface area contributed by atoms with Crippen LogP contribution < -0.4 is 10.6 Å². The Bertz CT molecular complexity index is 425. The van der Waals surface area contributed by atoms with Gasteiger partial charge < -0.3 is 10.6 Å². The van der Waals surface area contributed by atoms with Crippen LogP contribution in [0.2, 0.25) is 0 Å². The van der Waals surface area contributed by atoms with Crippen molar-refractivity contribution in [3.05, 3.63) is 16.1 Å². The average Bonchev–Trinajstić information content (AvgIpc) is 3.08. The predicted molar refractivity (Wildman–Crippen MR) is 90.0 cm³/mol. The summed E-state index contributed by atoms with van der Waals surface area (Å²) >= 11 is 3.83. The van der Waals surface area contributed by atoms with Crippen molar-refractivity contribution in [3.8, 4) is 0 Å². The van der Waals surface area contributed by atoms with Crippen LogP contribution in [0.25, 0.3) is 0 Å². The third kappa shape index (κ3) is 5.32. The minimum Gasteiger partial charge on any atom is -0.357 e. The van der Waals surface area contributed by atoms with Crippen molar-refractivity contribution >= 4 is 29.1 Å². The van der Waals surface area contributed by atoms with Crippen LogP contribution in [-0.2, 0) is 6.42 Å². The van der Waals surface area contributed by atoms with E-state index in [1.807, 2.05) is 6.20 Å². The van der Waals surface area contributed by atoms with Crippen LogP contribution in [-0.4, -0.2) is 41.6 Å². The molecule has 0 amide bonds. The SMILES string of the molecule is CCNC(=NCC1CCCS1)NCCc1ncc(C)s1. The molecule has 0 spiro atoms. The van der Waals surface area contributed by atoms with E-state index in [1.165, 1.54) is 28.5 Å². The van der Waals surface area contributed by atoms with E-state index in [0.29, 0.717) is 5.25 Å². The highest BCUT2D eigenvalue weighted by Gasteiger charge is 2.14. The molecular formula is C14H24N4S2. The lowest BCUT2D eigenvalue weighted by Gasteiger charge is -2.12. The number of thiazole rings is 1. The average molecular weight is 313 g/mol. The fraction of sp³-hybridized carbons (Fsp3) is 0.714. The summed E-state index contributed by atoms with van der Waals surface area (Å²) in [5, 5.41) is 8.62. The lowest BCUT2D eigenvalue weighted by molar-refractivity contribution is 0.760. The minimum absolute atomic E-state index is 0.715. The van der Waals surface area contributed by atoms with Crippen LogP contribution in [0, 0.1) is 6.92 Å². The summed E-state index contributed by atoms with van der Waals surface area (Å²) < 4.78 is 0. The molecule has 4 nitrogen and oxygen atoms in total. The number of aryl methyl sites for hydroxylation is 1. The standard InChI is InChI=1S/C14H24N4S2/c1-3-15-14(18-10-12-5-4-8-19-12)16-7-6-13-17-9-11(2)20-13/h9,12H,3-8,10H2,1-2H3,(H2,15,16,18). The number of rotatable bonds is 6. The molecule has 1 aromatic rings. The van der Waals surface area contributed by atoms with Crippen LogP contribution in [0.15, 0.2) is 11.2 Å². The molecule has 112 valence electrons. The highest BCUT2D eigenvalue weighted by atomic mass is 32.2. The monoisotopic (exact) mass is 312 g/mol. The van der Waals surface area contributed by atoms with E-state index >= 15 is 0 Å². The van der Waals surface area contributed by atoms with Crippen molar-refractivity contribution in [1.82, 2.24) is 15.6 Å². The molecule has 20 heavy (non-hydrogen) atoms. The molecule has 0 aliphatic carbocycles. The normalized spacial score (nSPS) is 19.3. The highest BCUT2D eigenvalue weighted by molar-refractivity contribution is 8.00. The van der Waals surface area contributed by atoms with Gasteiger partial charge in [-0.3, -0.25) is 4.99 Å². The number of nitrogens with one attached hydrogen (secondary N) is 2. The van der Waals surface area contributed by atoms with Crippen LogP contribution in [0.4, 0.5) is 0 Å². The summed E-state index contributed by atoms with van der Waals surface area (Å²) in [6, 6.07) is 0. The third-order valence-electron chi connectivity index (χ3n) is 3.12. The molecule has 6 heteroatoms. The van der Waals surface area contributed by atoms with Crippen LogP contribution >= 0.6 is 23.1 Å². The number of guanidine groups is 1. The number of aromatic nitrogens is 1. The first kappa shape index (κ1) is 15.6. The van der Waals surface area contributed by atoms with Gasteiger partial charge in [0.2, 0.25) is 0 Å². The highest BCUT2D eigenvalue weighted by Crippen LogP contribution is 2.25. The number of hydrogen-bond donors (Lipinski definition) is 2. The van der Waals surface area contributed by atoms with E-state index < -0.39 is 0 Å². The zero-order chi connectivity index (χ0) is 14.2. The summed E-state index contributed by atoms with van der Waals surface area (Å²) in [5.74, 6) is 2.24. The third-order valence-corrected chi connectivity index (χ3v) is 5.47. The Morgan fingerprint density at radius 1 is 1.50 bits per heavy atom. The predicted octanol–water partition coefficient (Wildman–Crippen LogP) is 2.44. The largest absolute Gasteiger partial charge is 0.357 e. The Morgan fingerprint density at radius 2 is 2.40 bits per heavy atom. The van der Waals surface area contributed by atoms with Gasteiger partial charge >= 0.3 is 0 Å². The number of nitrogens with zero attached hydrogens (tertiary/aromatic N) is 2. The Hall–Kier alpha value is -0.750. The van der Waals surface area contributed by atoms with Gasteiger partial charge in [-0.2, -0.15) is 11.8 Å². The molecule has 0 bridgehead atoms. The van der Waals surface area contributed by atoms with Crippen LogP contribution in [0.5, 0.6) is 0 Å². The fourth-order valence-electron chi connectivity index (χ4n) is 2.13. The van der Waals surface area contributed by atoms with Crippen molar-refractivity contribution in [3.63, 3.8) is 0 Å². The van der Waals surface area contributed by atoms with Crippen molar-refractivity contribution in [2.45, 2.75) is 38.4 Å². The minimum atomic E-state index is 0.715. The van der Waals surface area contributed by atoms with Crippen molar-refractivity contribution in [1.29, 1.82) is 0 Å². The summed E-state index contributed by atoms with van der Waals surface area (Å²) in [4.78, 5) is 10.3. The molecule has 0 radical (unpaired) electrons. The molecule has 1 aliphatic heterocycles. The topological polar surface area (TPSA) is 49.3 Å². The first-order valence-electron chi connectivity index (χ1n) is 7.33. The molecule has 2 heterocycles. The molecule has 2 rings (SSSR count). The second kappa shape index (κ2) is 8.52. The molecule has 1 aromatic heterocycles. The second-order valence-electron chi connectivity index (χ2n) is 4.90. The first-order valence-corrected chi connectivity index (χ1v) is 9.19.